The molecule has 1 aliphatic heterocycles. The normalized spacial score (nSPS) is 16.1. The van der Waals surface area contributed by atoms with Crippen molar-refractivity contribution in [1.82, 2.24) is 4.90 Å². The molecule has 1 aromatic carbocycles. The first-order valence-electron chi connectivity index (χ1n) is 6.16. The highest BCUT2D eigenvalue weighted by Gasteiger charge is 2.13. The quantitative estimate of drug-likeness (QED) is 0.787. The lowest BCUT2D eigenvalue weighted by Gasteiger charge is -2.25. The molecule has 1 aromatic rings. The van der Waals surface area contributed by atoms with Crippen molar-refractivity contribution >= 4 is 12.0 Å². The van der Waals surface area contributed by atoms with Crippen LogP contribution in [0.2, 0.25) is 0 Å². The summed E-state index contributed by atoms with van der Waals surface area (Å²) in [4.78, 5) is 13.7. The van der Waals surface area contributed by atoms with Crippen LogP contribution in [0.3, 0.4) is 0 Å². The Morgan fingerprint density at radius 2 is 1.89 bits per heavy atom. The number of phenolic OH excluding ortho intramolecular Hbond substituents is 2. The Morgan fingerprint density at radius 3 is 2.56 bits per heavy atom. The molecule has 0 spiro atoms. The van der Waals surface area contributed by atoms with Gasteiger partial charge in [0.05, 0.1) is 0 Å². The number of likely N-dealkylation sites (tertiary alicyclic amines) is 1. The van der Waals surface area contributed by atoms with Crippen LogP contribution >= 0.6 is 0 Å². The second kappa shape index (κ2) is 5.58. The monoisotopic (exact) mass is 247 g/mol. The van der Waals surface area contributed by atoms with Gasteiger partial charge in [0, 0.05) is 30.8 Å². The maximum Gasteiger partial charge on any atom is 0.246 e. The van der Waals surface area contributed by atoms with Crippen molar-refractivity contribution in [2.75, 3.05) is 13.1 Å². The largest absolute Gasteiger partial charge is 0.508 e. The third-order valence-electron chi connectivity index (χ3n) is 3.09. The summed E-state index contributed by atoms with van der Waals surface area (Å²) in [7, 11) is 0. The van der Waals surface area contributed by atoms with E-state index in [9.17, 15) is 9.90 Å². The summed E-state index contributed by atoms with van der Waals surface area (Å²) in [5.41, 5.74) is 0.526. The number of aromatic hydroxyl groups is 2. The van der Waals surface area contributed by atoms with Gasteiger partial charge in [0.15, 0.2) is 0 Å². The van der Waals surface area contributed by atoms with E-state index in [1.807, 2.05) is 4.90 Å². The zero-order valence-corrected chi connectivity index (χ0v) is 10.2. The zero-order chi connectivity index (χ0) is 13.0. The topological polar surface area (TPSA) is 60.8 Å². The molecule has 0 unspecified atom stereocenters. The Morgan fingerprint density at radius 1 is 1.17 bits per heavy atom. The summed E-state index contributed by atoms with van der Waals surface area (Å²) in [6.45, 7) is 1.62. The first kappa shape index (κ1) is 12.5. The third kappa shape index (κ3) is 3.03. The molecule has 0 aliphatic carbocycles. The summed E-state index contributed by atoms with van der Waals surface area (Å²) < 4.78 is 0. The van der Waals surface area contributed by atoms with Crippen LogP contribution in [0.1, 0.15) is 24.8 Å². The van der Waals surface area contributed by atoms with Crippen LogP contribution < -0.4 is 0 Å². The van der Waals surface area contributed by atoms with Crippen LogP contribution in [0.4, 0.5) is 0 Å². The molecule has 1 saturated heterocycles. The second-order valence-electron chi connectivity index (χ2n) is 4.46. The molecule has 0 radical (unpaired) electrons. The minimum absolute atomic E-state index is 0.00649. The summed E-state index contributed by atoms with van der Waals surface area (Å²) in [5, 5.41) is 18.7. The van der Waals surface area contributed by atoms with E-state index in [2.05, 4.69) is 0 Å². The van der Waals surface area contributed by atoms with E-state index in [-0.39, 0.29) is 17.4 Å². The van der Waals surface area contributed by atoms with Crippen molar-refractivity contribution in [3.63, 3.8) is 0 Å². The van der Waals surface area contributed by atoms with E-state index in [0.29, 0.717) is 5.56 Å². The number of benzene rings is 1. The molecule has 4 heteroatoms. The smallest absolute Gasteiger partial charge is 0.246 e. The number of rotatable bonds is 2. The van der Waals surface area contributed by atoms with E-state index in [1.54, 1.807) is 12.1 Å². The predicted molar refractivity (Wildman–Crippen MR) is 69.2 cm³/mol. The summed E-state index contributed by atoms with van der Waals surface area (Å²) >= 11 is 0. The average molecular weight is 247 g/mol. The molecule has 1 heterocycles. The van der Waals surface area contributed by atoms with Crippen molar-refractivity contribution in [2.24, 2.45) is 0 Å². The number of hydrogen-bond acceptors (Lipinski definition) is 3. The first-order chi connectivity index (χ1) is 8.66. The summed E-state index contributed by atoms with van der Waals surface area (Å²) in [6.07, 6.45) is 6.35. The van der Waals surface area contributed by atoms with Gasteiger partial charge in [-0.05, 0) is 37.5 Å². The van der Waals surface area contributed by atoms with Gasteiger partial charge >= 0.3 is 0 Å². The third-order valence-corrected chi connectivity index (χ3v) is 3.09. The van der Waals surface area contributed by atoms with Crippen molar-refractivity contribution in [1.29, 1.82) is 0 Å². The molecule has 2 N–H and O–H groups in total. The van der Waals surface area contributed by atoms with E-state index < -0.39 is 0 Å². The van der Waals surface area contributed by atoms with Gasteiger partial charge in [0.1, 0.15) is 11.5 Å². The van der Waals surface area contributed by atoms with Crippen molar-refractivity contribution < 1.29 is 15.0 Å². The number of hydrogen-bond donors (Lipinski definition) is 2. The minimum atomic E-state index is -0.0299. The molecule has 18 heavy (non-hydrogen) atoms. The van der Waals surface area contributed by atoms with Crippen LogP contribution in [0.5, 0.6) is 11.5 Å². The highest BCUT2D eigenvalue weighted by Crippen LogP contribution is 2.23. The van der Waals surface area contributed by atoms with Crippen LogP contribution in [-0.4, -0.2) is 34.1 Å². The number of piperidine rings is 1. The van der Waals surface area contributed by atoms with E-state index >= 15 is 0 Å². The first-order valence-corrected chi connectivity index (χ1v) is 6.16. The molecule has 1 amide bonds. The standard InChI is InChI=1S/C14H17NO3/c16-12-6-4-11(13(17)10-12)5-7-14(18)15-8-2-1-3-9-15/h4-7,10,16-17H,1-3,8-9H2/b7-5+. The van der Waals surface area contributed by atoms with E-state index in [0.717, 1.165) is 25.9 Å². The minimum Gasteiger partial charge on any atom is -0.508 e. The molecule has 0 atom stereocenters. The molecular weight excluding hydrogens is 230 g/mol. The van der Waals surface area contributed by atoms with E-state index in [4.69, 9.17) is 5.11 Å². The second-order valence-corrected chi connectivity index (χ2v) is 4.46. The molecule has 0 bridgehead atoms. The number of carbonyl (C=O) groups is 1. The molecule has 1 fully saturated rings. The van der Waals surface area contributed by atoms with Gasteiger partial charge in [-0.1, -0.05) is 0 Å². The number of amides is 1. The highest BCUT2D eigenvalue weighted by atomic mass is 16.3. The Bertz CT molecular complexity index is 462. The van der Waals surface area contributed by atoms with Gasteiger partial charge in [-0.25, -0.2) is 0 Å². The van der Waals surface area contributed by atoms with E-state index in [1.165, 1.54) is 24.6 Å². The Balaban J connectivity index is 2.03. The lowest BCUT2D eigenvalue weighted by Crippen LogP contribution is -2.34. The maximum atomic E-state index is 11.9. The molecule has 2 rings (SSSR count). The van der Waals surface area contributed by atoms with Crippen molar-refractivity contribution in [3.05, 3.63) is 29.8 Å². The van der Waals surface area contributed by atoms with Gasteiger partial charge in [-0.15, -0.1) is 0 Å². The average Bonchev–Trinajstić information content (AvgIpc) is 2.38. The van der Waals surface area contributed by atoms with Crippen LogP contribution in [0, 0.1) is 0 Å². The van der Waals surface area contributed by atoms with Gasteiger partial charge in [-0.3, -0.25) is 4.79 Å². The van der Waals surface area contributed by atoms with Gasteiger partial charge in [0.2, 0.25) is 5.91 Å². The van der Waals surface area contributed by atoms with Crippen molar-refractivity contribution in [2.45, 2.75) is 19.3 Å². The Hall–Kier alpha value is -1.97. The summed E-state index contributed by atoms with van der Waals surface area (Å²) in [5.74, 6) is -0.0492. The van der Waals surface area contributed by atoms with Gasteiger partial charge in [-0.2, -0.15) is 0 Å². The Kier molecular flexibility index (Phi) is 3.87. The van der Waals surface area contributed by atoms with Crippen molar-refractivity contribution in [3.8, 4) is 11.5 Å². The number of nitrogens with zero attached hydrogens (tertiary/aromatic N) is 1. The molecule has 0 saturated carbocycles. The lowest BCUT2D eigenvalue weighted by molar-refractivity contribution is -0.126. The zero-order valence-electron chi connectivity index (χ0n) is 10.2. The molecule has 1 aliphatic rings. The summed E-state index contributed by atoms with van der Waals surface area (Å²) in [6, 6.07) is 4.31. The molecule has 96 valence electrons. The molecular formula is C14H17NO3. The SMILES string of the molecule is O=C(/C=C/c1ccc(O)cc1O)N1CCCCC1. The highest BCUT2D eigenvalue weighted by molar-refractivity contribution is 5.92. The van der Waals surface area contributed by atoms with Crippen LogP contribution in [-0.2, 0) is 4.79 Å². The molecule has 0 aromatic heterocycles. The van der Waals surface area contributed by atoms with Crippen LogP contribution in [0.25, 0.3) is 6.08 Å². The predicted octanol–water partition coefficient (Wildman–Crippen LogP) is 2.12. The number of phenols is 2. The molecule has 4 nitrogen and oxygen atoms in total. The Labute approximate surface area is 106 Å². The fourth-order valence-electron chi connectivity index (χ4n) is 2.05. The van der Waals surface area contributed by atoms with Gasteiger partial charge < -0.3 is 15.1 Å². The van der Waals surface area contributed by atoms with Gasteiger partial charge in [0.25, 0.3) is 0 Å². The van der Waals surface area contributed by atoms with Crippen LogP contribution in [0.15, 0.2) is 24.3 Å². The number of carbonyl (C=O) groups excluding carboxylic acids is 1. The maximum absolute atomic E-state index is 11.9. The fourth-order valence-corrected chi connectivity index (χ4v) is 2.05. The lowest BCUT2D eigenvalue weighted by atomic mass is 10.1. The fraction of sp³-hybridized carbons (Fsp3) is 0.357.